The number of nitrogens with zero attached hydrogens (tertiary/aromatic N) is 3. The van der Waals surface area contributed by atoms with Gasteiger partial charge in [-0.05, 0) is 24.6 Å². The van der Waals surface area contributed by atoms with Gasteiger partial charge in [0.25, 0.3) is 0 Å². The van der Waals surface area contributed by atoms with E-state index in [0.29, 0.717) is 27.7 Å². The van der Waals surface area contributed by atoms with Gasteiger partial charge in [0.2, 0.25) is 11.8 Å². The summed E-state index contributed by atoms with van der Waals surface area (Å²) in [6, 6.07) is 5.39. The van der Waals surface area contributed by atoms with Crippen molar-refractivity contribution in [1.82, 2.24) is 20.2 Å². The van der Waals surface area contributed by atoms with E-state index in [4.69, 9.17) is 22.2 Å². The molecule has 0 saturated heterocycles. The van der Waals surface area contributed by atoms with Gasteiger partial charge in [-0.15, -0.1) is 0 Å². The van der Waals surface area contributed by atoms with Crippen LogP contribution in [-0.2, 0) is 0 Å². The Labute approximate surface area is 119 Å². The standard InChI is InChI=1S/C12H11ClN6O/c1-6-2-3-7(13)4-9(6)20-11-8-5-15-19-10(8)16-12(17-11)18-14/h2-5H,14H2,1H3,(H2,15,16,17,18,19). The van der Waals surface area contributed by atoms with Crippen LogP contribution < -0.4 is 16.0 Å². The Kier molecular flexibility index (Phi) is 3.13. The molecule has 0 radical (unpaired) electrons. The number of halogens is 1. The molecular weight excluding hydrogens is 280 g/mol. The van der Waals surface area contributed by atoms with Crippen molar-refractivity contribution in [2.45, 2.75) is 6.92 Å². The van der Waals surface area contributed by atoms with Crippen LogP contribution in [0.3, 0.4) is 0 Å². The molecule has 0 spiro atoms. The Morgan fingerprint density at radius 1 is 1.35 bits per heavy atom. The number of rotatable bonds is 3. The quantitative estimate of drug-likeness (QED) is 0.506. The Morgan fingerprint density at radius 2 is 2.20 bits per heavy atom. The van der Waals surface area contributed by atoms with Crippen LogP contribution in [0.25, 0.3) is 11.0 Å². The minimum Gasteiger partial charge on any atom is -0.438 e. The molecule has 0 aliphatic rings. The normalized spacial score (nSPS) is 10.8. The molecule has 0 bridgehead atoms. The number of anilines is 1. The molecule has 7 nitrogen and oxygen atoms in total. The van der Waals surface area contributed by atoms with Crippen LogP contribution in [0.1, 0.15) is 5.56 Å². The highest BCUT2D eigenvalue weighted by Crippen LogP contribution is 2.30. The lowest BCUT2D eigenvalue weighted by Gasteiger charge is -2.09. The fourth-order valence-corrected chi connectivity index (χ4v) is 1.90. The number of fused-ring (bicyclic) bond motifs is 1. The highest BCUT2D eigenvalue weighted by atomic mass is 35.5. The number of nitrogens with two attached hydrogens (primary N) is 1. The Balaban J connectivity index is 2.09. The third kappa shape index (κ3) is 2.24. The Bertz CT molecular complexity index is 772. The second-order valence-corrected chi connectivity index (χ2v) is 4.58. The molecule has 0 atom stereocenters. The number of H-pyrrole nitrogens is 1. The molecule has 0 aliphatic heterocycles. The third-order valence-corrected chi connectivity index (χ3v) is 3.00. The van der Waals surface area contributed by atoms with Gasteiger partial charge in [-0.2, -0.15) is 15.1 Å². The maximum absolute atomic E-state index is 5.98. The summed E-state index contributed by atoms with van der Waals surface area (Å²) >= 11 is 5.98. The molecule has 3 aromatic rings. The van der Waals surface area contributed by atoms with Crippen molar-refractivity contribution < 1.29 is 4.74 Å². The largest absolute Gasteiger partial charge is 0.438 e. The van der Waals surface area contributed by atoms with Crippen molar-refractivity contribution in [2.75, 3.05) is 5.43 Å². The molecule has 0 amide bonds. The van der Waals surface area contributed by atoms with E-state index in [1.165, 1.54) is 0 Å². The zero-order chi connectivity index (χ0) is 14.1. The molecule has 0 fully saturated rings. The van der Waals surface area contributed by atoms with E-state index in [0.717, 1.165) is 5.56 Å². The maximum atomic E-state index is 5.98. The molecule has 8 heteroatoms. The molecule has 102 valence electrons. The van der Waals surface area contributed by atoms with E-state index in [2.05, 4.69) is 25.6 Å². The van der Waals surface area contributed by atoms with Gasteiger partial charge in [-0.1, -0.05) is 17.7 Å². The first-order valence-electron chi connectivity index (χ1n) is 5.79. The first-order valence-corrected chi connectivity index (χ1v) is 6.17. The van der Waals surface area contributed by atoms with Crippen LogP contribution in [0.15, 0.2) is 24.4 Å². The van der Waals surface area contributed by atoms with Gasteiger partial charge in [-0.3, -0.25) is 10.5 Å². The van der Waals surface area contributed by atoms with Crippen LogP contribution in [0.5, 0.6) is 11.6 Å². The highest BCUT2D eigenvalue weighted by Gasteiger charge is 2.12. The summed E-state index contributed by atoms with van der Waals surface area (Å²) in [7, 11) is 0. The van der Waals surface area contributed by atoms with Crippen LogP contribution in [-0.4, -0.2) is 20.2 Å². The van der Waals surface area contributed by atoms with E-state index >= 15 is 0 Å². The number of ether oxygens (including phenoxy) is 1. The summed E-state index contributed by atoms with van der Waals surface area (Å²) in [5, 5.41) is 7.90. The van der Waals surface area contributed by atoms with Crippen molar-refractivity contribution in [2.24, 2.45) is 5.84 Å². The molecule has 2 heterocycles. The van der Waals surface area contributed by atoms with E-state index in [1.54, 1.807) is 18.3 Å². The highest BCUT2D eigenvalue weighted by molar-refractivity contribution is 6.30. The fourth-order valence-electron chi connectivity index (χ4n) is 1.74. The van der Waals surface area contributed by atoms with Crippen molar-refractivity contribution in [3.63, 3.8) is 0 Å². The topological polar surface area (TPSA) is 102 Å². The van der Waals surface area contributed by atoms with Gasteiger partial charge >= 0.3 is 0 Å². The van der Waals surface area contributed by atoms with Crippen molar-refractivity contribution in [3.05, 3.63) is 35.0 Å². The van der Waals surface area contributed by atoms with Crippen LogP contribution in [0.4, 0.5) is 5.95 Å². The van der Waals surface area contributed by atoms with Gasteiger partial charge in [0.15, 0.2) is 5.65 Å². The predicted molar refractivity (Wildman–Crippen MR) is 75.8 cm³/mol. The SMILES string of the molecule is Cc1ccc(Cl)cc1Oc1nc(NN)nc2[nH]ncc12. The number of benzene rings is 1. The average molecular weight is 291 g/mol. The van der Waals surface area contributed by atoms with Gasteiger partial charge in [-0.25, -0.2) is 5.84 Å². The van der Waals surface area contributed by atoms with Gasteiger partial charge in [0.1, 0.15) is 11.1 Å². The monoisotopic (exact) mass is 290 g/mol. The minimum atomic E-state index is 0.233. The molecule has 4 N–H and O–H groups in total. The van der Waals surface area contributed by atoms with E-state index in [1.807, 2.05) is 13.0 Å². The van der Waals surface area contributed by atoms with E-state index in [-0.39, 0.29) is 5.95 Å². The Morgan fingerprint density at radius 3 is 3.00 bits per heavy atom. The summed E-state index contributed by atoms with van der Waals surface area (Å²) < 4.78 is 5.81. The van der Waals surface area contributed by atoms with Crippen LogP contribution >= 0.6 is 11.6 Å². The fraction of sp³-hybridized carbons (Fsp3) is 0.0833. The number of aromatic amines is 1. The number of hydrazine groups is 1. The first kappa shape index (κ1) is 12.6. The minimum absolute atomic E-state index is 0.233. The summed E-state index contributed by atoms with van der Waals surface area (Å²) in [4.78, 5) is 8.31. The van der Waals surface area contributed by atoms with E-state index in [9.17, 15) is 0 Å². The first-order chi connectivity index (χ1) is 9.67. The number of aryl methyl sites for hydroxylation is 1. The number of hydrogen-bond acceptors (Lipinski definition) is 6. The van der Waals surface area contributed by atoms with Gasteiger partial charge in [0.05, 0.1) is 6.20 Å². The zero-order valence-corrected chi connectivity index (χ0v) is 11.3. The predicted octanol–water partition coefficient (Wildman–Crippen LogP) is 2.39. The maximum Gasteiger partial charge on any atom is 0.242 e. The lowest BCUT2D eigenvalue weighted by Crippen LogP contribution is -2.11. The molecule has 2 aromatic heterocycles. The lowest BCUT2D eigenvalue weighted by atomic mass is 10.2. The lowest BCUT2D eigenvalue weighted by molar-refractivity contribution is 0.465. The van der Waals surface area contributed by atoms with Gasteiger partial charge in [0, 0.05) is 5.02 Å². The second kappa shape index (κ2) is 4.95. The summed E-state index contributed by atoms with van der Waals surface area (Å²) in [5.74, 6) is 6.53. The smallest absolute Gasteiger partial charge is 0.242 e. The van der Waals surface area contributed by atoms with Crippen molar-refractivity contribution in [3.8, 4) is 11.6 Å². The second-order valence-electron chi connectivity index (χ2n) is 4.14. The molecule has 0 unspecified atom stereocenters. The number of aromatic nitrogens is 4. The molecule has 1 aromatic carbocycles. The van der Waals surface area contributed by atoms with E-state index < -0.39 is 0 Å². The number of nitrogens with one attached hydrogen (secondary N) is 2. The van der Waals surface area contributed by atoms with Crippen molar-refractivity contribution >= 4 is 28.6 Å². The molecule has 0 aliphatic carbocycles. The summed E-state index contributed by atoms with van der Waals surface area (Å²) in [6.45, 7) is 1.92. The Hall–Kier alpha value is -2.38. The third-order valence-electron chi connectivity index (χ3n) is 2.76. The number of nitrogen functional groups attached to an aromatic ring is 1. The summed E-state index contributed by atoms with van der Waals surface area (Å²) in [6.07, 6.45) is 1.59. The van der Waals surface area contributed by atoms with Crippen molar-refractivity contribution in [1.29, 1.82) is 0 Å². The van der Waals surface area contributed by atoms with Crippen LogP contribution in [0, 0.1) is 6.92 Å². The average Bonchev–Trinajstić information content (AvgIpc) is 2.91. The van der Waals surface area contributed by atoms with Crippen LogP contribution in [0.2, 0.25) is 5.02 Å². The number of hydrogen-bond donors (Lipinski definition) is 3. The molecule has 3 rings (SSSR count). The molecule has 20 heavy (non-hydrogen) atoms. The molecule has 0 saturated carbocycles. The summed E-state index contributed by atoms with van der Waals surface area (Å²) in [5.41, 5.74) is 3.85. The molecular formula is C12H11ClN6O. The zero-order valence-electron chi connectivity index (χ0n) is 10.5. The van der Waals surface area contributed by atoms with Gasteiger partial charge < -0.3 is 4.74 Å².